The van der Waals surface area contributed by atoms with E-state index in [-0.39, 0.29) is 23.2 Å². The van der Waals surface area contributed by atoms with Crippen LogP contribution in [0.5, 0.6) is 0 Å². The third-order valence-electron chi connectivity index (χ3n) is 2.15. The van der Waals surface area contributed by atoms with Gasteiger partial charge >= 0.3 is 0 Å². The van der Waals surface area contributed by atoms with Gasteiger partial charge in [0.05, 0.1) is 5.75 Å². The summed E-state index contributed by atoms with van der Waals surface area (Å²) in [6.07, 6.45) is 1.93. The highest BCUT2D eigenvalue weighted by atomic mass is 32.2. The summed E-state index contributed by atoms with van der Waals surface area (Å²) >= 11 is 0. The molecule has 84 valence electrons. The van der Waals surface area contributed by atoms with Crippen LogP contribution < -0.4 is 0 Å². The molecule has 3 nitrogen and oxygen atoms in total. The van der Waals surface area contributed by atoms with Gasteiger partial charge in [-0.05, 0) is 12.3 Å². The monoisotopic (exact) mass is 220 g/mol. The Balaban J connectivity index is 4.14. The SMILES string of the molecule is CCCC(=O)CS(=O)(=O)CC(C)CC. The lowest BCUT2D eigenvalue weighted by Gasteiger charge is -2.08. The molecule has 14 heavy (non-hydrogen) atoms. The van der Waals surface area contributed by atoms with Gasteiger partial charge in [0.15, 0.2) is 9.84 Å². The maximum Gasteiger partial charge on any atom is 0.157 e. The first-order valence-electron chi connectivity index (χ1n) is 5.13. The molecule has 0 amide bonds. The molecule has 1 atom stereocenters. The van der Waals surface area contributed by atoms with E-state index >= 15 is 0 Å². The maximum absolute atomic E-state index is 11.5. The van der Waals surface area contributed by atoms with Crippen LogP contribution >= 0.6 is 0 Å². The van der Waals surface area contributed by atoms with E-state index in [4.69, 9.17) is 0 Å². The number of ketones is 1. The van der Waals surface area contributed by atoms with Crippen LogP contribution in [0, 0.1) is 5.92 Å². The van der Waals surface area contributed by atoms with Crippen molar-refractivity contribution in [3.8, 4) is 0 Å². The van der Waals surface area contributed by atoms with Crippen molar-refractivity contribution in [2.75, 3.05) is 11.5 Å². The van der Waals surface area contributed by atoms with Crippen LogP contribution in [-0.4, -0.2) is 25.7 Å². The van der Waals surface area contributed by atoms with E-state index in [1.165, 1.54) is 0 Å². The molecule has 0 fully saturated rings. The number of sulfone groups is 1. The summed E-state index contributed by atoms with van der Waals surface area (Å²) in [4.78, 5) is 11.1. The van der Waals surface area contributed by atoms with Gasteiger partial charge in [0.1, 0.15) is 11.5 Å². The predicted octanol–water partition coefficient (Wildman–Crippen LogP) is 1.82. The summed E-state index contributed by atoms with van der Waals surface area (Å²) in [5.74, 6) is -0.144. The first-order chi connectivity index (χ1) is 6.41. The van der Waals surface area contributed by atoms with Gasteiger partial charge in [-0.2, -0.15) is 0 Å². The Hall–Kier alpha value is -0.380. The molecule has 0 bridgehead atoms. The highest BCUT2D eigenvalue weighted by Crippen LogP contribution is 2.07. The zero-order valence-corrected chi connectivity index (χ0v) is 10.1. The van der Waals surface area contributed by atoms with Crippen molar-refractivity contribution in [2.45, 2.75) is 40.0 Å². The largest absolute Gasteiger partial charge is 0.299 e. The van der Waals surface area contributed by atoms with Crippen molar-refractivity contribution in [1.82, 2.24) is 0 Å². The molecule has 0 radical (unpaired) electrons. The van der Waals surface area contributed by atoms with E-state index in [1.807, 2.05) is 20.8 Å². The summed E-state index contributed by atoms with van der Waals surface area (Å²) in [6.45, 7) is 5.72. The Kier molecular flexibility index (Phi) is 6.00. The quantitative estimate of drug-likeness (QED) is 0.657. The fraction of sp³-hybridized carbons (Fsp3) is 0.900. The van der Waals surface area contributed by atoms with Gasteiger partial charge in [-0.25, -0.2) is 8.42 Å². The summed E-state index contributed by atoms with van der Waals surface area (Å²) in [5.41, 5.74) is 0. The van der Waals surface area contributed by atoms with Crippen LogP contribution in [0.2, 0.25) is 0 Å². The summed E-state index contributed by atoms with van der Waals surface area (Å²) in [5, 5.41) is 0. The first-order valence-corrected chi connectivity index (χ1v) is 6.95. The van der Waals surface area contributed by atoms with Crippen molar-refractivity contribution in [2.24, 2.45) is 5.92 Å². The molecule has 0 rings (SSSR count). The molecule has 0 heterocycles. The second-order valence-corrected chi connectivity index (χ2v) is 5.97. The summed E-state index contributed by atoms with van der Waals surface area (Å²) < 4.78 is 22.9. The molecule has 0 saturated carbocycles. The number of Topliss-reactive ketones (excluding diaryl/α,β-unsaturated/α-hetero) is 1. The van der Waals surface area contributed by atoms with E-state index in [1.54, 1.807) is 0 Å². The molecule has 0 saturated heterocycles. The lowest BCUT2D eigenvalue weighted by atomic mass is 10.2. The maximum atomic E-state index is 11.5. The topological polar surface area (TPSA) is 51.2 Å². The third-order valence-corrected chi connectivity index (χ3v) is 3.98. The fourth-order valence-electron chi connectivity index (χ4n) is 1.21. The van der Waals surface area contributed by atoms with Gasteiger partial charge in [0.2, 0.25) is 0 Å². The van der Waals surface area contributed by atoms with Gasteiger partial charge in [0, 0.05) is 6.42 Å². The van der Waals surface area contributed by atoms with Crippen LogP contribution in [0.1, 0.15) is 40.0 Å². The zero-order chi connectivity index (χ0) is 11.2. The number of carbonyl (C=O) groups excluding carboxylic acids is 1. The number of carbonyl (C=O) groups is 1. The van der Waals surface area contributed by atoms with Crippen molar-refractivity contribution in [1.29, 1.82) is 0 Å². The van der Waals surface area contributed by atoms with Gasteiger partial charge < -0.3 is 0 Å². The second-order valence-electron chi connectivity index (χ2n) is 3.86. The first kappa shape index (κ1) is 13.6. The Bertz CT molecular complexity index is 267. The number of rotatable bonds is 7. The average Bonchev–Trinajstić information content (AvgIpc) is 2.02. The molecule has 4 heteroatoms. The minimum absolute atomic E-state index is 0.138. The summed E-state index contributed by atoms with van der Waals surface area (Å²) in [7, 11) is -3.16. The van der Waals surface area contributed by atoms with E-state index in [9.17, 15) is 13.2 Å². The fourth-order valence-corrected chi connectivity index (χ4v) is 3.06. The van der Waals surface area contributed by atoms with Crippen molar-refractivity contribution in [3.05, 3.63) is 0 Å². The van der Waals surface area contributed by atoms with Gasteiger partial charge in [-0.1, -0.05) is 27.2 Å². The van der Waals surface area contributed by atoms with Crippen molar-refractivity contribution < 1.29 is 13.2 Å². The van der Waals surface area contributed by atoms with Gasteiger partial charge in [0.25, 0.3) is 0 Å². The van der Waals surface area contributed by atoms with Crippen LogP contribution in [-0.2, 0) is 14.6 Å². The minimum atomic E-state index is -3.16. The third kappa shape index (κ3) is 6.13. The molecule has 0 aliphatic carbocycles. The average molecular weight is 220 g/mol. The Morgan fingerprint density at radius 2 is 1.86 bits per heavy atom. The smallest absolute Gasteiger partial charge is 0.157 e. The Labute approximate surface area is 86.8 Å². The number of hydrogen-bond donors (Lipinski definition) is 0. The number of hydrogen-bond acceptors (Lipinski definition) is 3. The predicted molar refractivity (Wildman–Crippen MR) is 58.0 cm³/mol. The van der Waals surface area contributed by atoms with Crippen molar-refractivity contribution in [3.63, 3.8) is 0 Å². The van der Waals surface area contributed by atoms with E-state index in [0.717, 1.165) is 12.8 Å². The molecule has 0 aliphatic heterocycles. The lowest BCUT2D eigenvalue weighted by Crippen LogP contribution is -2.22. The Morgan fingerprint density at radius 3 is 2.29 bits per heavy atom. The van der Waals surface area contributed by atoms with Gasteiger partial charge in [-0.3, -0.25) is 4.79 Å². The molecule has 0 aromatic rings. The van der Waals surface area contributed by atoms with Crippen molar-refractivity contribution >= 4 is 15.6 Å². The van der Waals surface area contributed by atoms with E-state index in [0.29, 0.717) is 6.42 Å². The molecular formula is C10H20O3S. The summed E-state index contributed by atoms with van der Waals surface area (Å²) in [6, 6.07) is 0. The van der Waals surface area contributed by atoms with Gasteiger partial charge in [-0.15, -0.1) is 0 Å². The molecule has 0 aliphatic rings. The Morgan fingerprint density at radius 1 is 1.29 bits per heavy atom. The molecule has 0 aromatic heterocycles. The molecular weight excluding hydrogens is 200 g/mol. The minimum Gasteiger partial charge on any atom is -0.299 e. The molecule has 0 N–H and O–H groups in total. The van der Waals surface area contributed by atoms with Crippen LogP contribution in [0.3, 0.4) is 0 Å². The molecule has 0 spiro atoms. The lowest BCUT2D eigenvalue weighted by molar-refractivity contribution is -0.116. The standard InChI is InChI=1S/C10H20O3S/c1-4-6-10(11)8-14(12,13)7-9(3)5-2/h9H,4-8H2,1-3H3. The normalized spacial score (nSPS) is 13.9. The second kappa shape index (κ2) is 6.17. The van der Waals surface area contributed by atoms with E-state index < -0.39 is 9.84 Å². The highest BCUT2D eigenvalue weighted by molar-refractivity contribution is 7.92. The van der Waals surface area contributed by atoms with Crippen LogP contribution in [0.4, 0.5) is 0 Å². The highest BCUT2D eigenvalue weighted by Gasteiger charge is 2.18. The van der Waals surface area contributed by atoms with E-state index in [2.05, 4.69) is 0 Å². The van der Waals surface area contributed by atoms with Crippen LogP contribution in [0.25, 0.3) is 0 Å². The zero-order valence-electron chi connectivity index (χ0n) is 9.25. The van der Waals surface area contributed by atoms with Crippen LogP contribution in [0.15, 0.2) is 0 Å². The molecule has 0 aromatic carbocycles. The molecule has 1 unspecified atom stereocenters.